The van der Waals surface area contributed by atoms with Crippen molar-refractivity contribution in [2.24, 2.45) is 0 Å². The Morgan fingerprint density at radius 3 is 2.31 bits per heavy atom. The van der Waals surface area contributed by atoms with Crippen molar-refractivity contribution < 1.29 is 13.9 Å². The Morgan fingerprint density at radius 2 is 1.72 bits per heavy atom. The van der Waals surface area contributed by atoms with E-state index in [-0.39, 0.29) is 11.2 Å². The molecule has 0 bridgehead atoms. The second-order valence-corrected chi connectivity index (χ2v) is 7.60. The second-order valence-electron chi connectivity index (χ2n) is 7.60. The molecule has 0 spiro atoms. The molecule has 0 saturated heterocycles. The Hall–Kier alpha value is -4.01. The van der Waals surface area contributed by atoms with Crippen molar-refractivity contribution in [2.75, 3.05) is 7.11 Å². The molecule has 8 nitrogen and oxygen atoms in total. The first-order chi connectivity index (χ1) is 15.3. The number of esters is 1. The summed E-state index contributed by atoms with van der Waals surface area (Å²) < 4.78 is 22.3. The number of hydrogen-bond acceptors (Lipinski definition) is 5. The molecule has 0 unspecified atom stereocenters. The molecule has 0 amide bonds. The maximum atomic E-state index is 13.4. The number of aromatic nitrogens is 4. The summed E-state index contributed by atoms with van der Waals surface area (Å²) in [4.78, 5) is 42.4. The van der Waals surface area contributed by atoms with E-state index in [1.165, 1.54) is 42.3 Å². The smallest absolute Gasteiger partial charge is 0.337 e. The van der Waals surface area contributed by atoms with Gasteiger partial charge in [-0.1, -0.05) is 12.1 Å². The average Bonchev–Trinajstić information content (AvgIpc) is 3.18. The largest absolute Gasteiger partial charge is 0.465 e. The van der Waals surface area contributed by atoms with Gasteiger partial charge in [0, 0.05) is 12.6 Å². The normalized spacial score (nSPS) is 11.3. The molecule has 4 aromatic rings. The molecule has 0 aliphatic heterocycles. The molecule has 0 N–H and O–H groups in total. The summed E-state index contributed by atoms with van der Waals surface area (Å²) in [6.45, 7) is 3.79. The summed E-state index contributed by atoms with van der Waals surface area (Å²) in [5.41, 5.74) is 1.09. The van der Waals surface area contributed by atoms with Gasteiger partial charge in [0.2, 0.25) is 0 Å². The summed E-state index contributed by atoms with van der Waals surface area (Å²) in [5.74, 6) is -0.871. The third kappa shape index (κ3) is 3.62. The van der Waals surface area contributed by atoms with E-state index in [1.54, 1.807) is 42.7 Å². The third-order valence-corrected chi connectivity index (χ3v) is 5.18. The number of carbonyl (C=O) groups is 1. The lowest BCUT2D eigenvalue weighted by Gasteiger charge is -2.15. The van der Waals surface area contributed by atoms with Gasteiger partial charge >= 0.3 is 11.7 Å². The van der Waals surface area contributed by atoms with E-state index in [2.05, 4.69) is 4.98 Å². The van der Waals surface area contributed by atoms with Gasteiger partial charge in [-0.3, -0.25) is 9.36 Å². The fourth-order valence-corrected chi connectivity index (χ4v) is 3.61. The summed E-state index contributed by atoms with van der Waals surface area (Å²) in [6.07, 6.45) is 1.49. The third-order valence-electron chi connectivity index (χ3n) is 5.18. The molecular formula is C23H21FN4O4. The predicted octanol–water partition coefficient (Wildman–Crippen LogP) is 2.90. The van der Waals surface area contributed by atoms with Crippen molar-refractivity contribution in [2.45, 2.75) is 26.4 Å². The number of nitrogens with zero attached hydrogens (tertiary/aromatic N) is 4. The van der Waals surface area contributed by atoms with E-state index in [0.29, 0.717) is 17.8 Å². The van der Waals surface area contributed by atoms with Gasteiger partial charge in [0.25, 0.3) is 5.56 Å². The molecule has 0 aliphatic carbocycles. The molecule has 32 heavy (non-hydrogen) atoms. The van der Waals surface area contributed by atoms with E-state index < -0.39 is 29.1 Å². The Morgan fingerprint density at radius 1 is 1.06 bits per heavy atom. The SMILES string of the molecule is COC(=O)c1ccc(Cn2cnc3c2c(=O)n(C(C)C)c(=O)n3-c2ccc(F)cc2)cc1. The van der Waals surface area contributed by atoms with E-state index in [1.807, 2.05) is 0 Å². The number of ether oxygens (including phenoxy) is 1. The Kier molecular flexibility index (Phi) is 5.48. The maximum Gasteiger partial charge on any atom is 0.337 e. The van der Waals surface area contributed by atoms with E-state index in [9.17, 15) is 18.8 Å². The molecule has 0 atom stereocenters. The molecule has 0 aliphatic rings. The van der Waals surface area contributed by atoms with Crippen LogP contribution in [0.15, 0.2) is 64.4 Å². The molecule has 0 fully saturated rings. The summed E-state index contributed by atoms with van der Waals surface area (Å²) in [6, 6.07) is 11.8. The topological polar surface area (TPSA) is 88.1 Å². The minimum Gasteiger partial charge on any atom is -0.465 e. The van der Waals surface area contributed by atoms with Crippen molar-refractivity contribution in [3.63, 3.8) is 0 Å². The van der Waals surface area contributed by atoms with Crippen molar-refractivity contribution in [3.8, 4) is 5.69 Å². The van der Waals surface area contributed by atoms with Gasteiger partial charge in [0.1, 0.15) is 5.82 Å². The zero-order chi connectivity index (χ0) is 23.0. The standard InChI is InChI=1S/C23H21FN4O4/c1-14(2)27-21(29)19-20(28(23(27)31)18-10-8-17(24)9-11-18)25-13-26(19)12-15-4-6-16(7-5-15)22(30)32-3/h4-11,13-14H,12H2,1-3H3. The molecule has 4 rings (SSSR count). The van der Waals surface area contributed by atoms with E-state index in [4.69, 9.17) is 4.74 Å². The average molecular weight is 436 g/mol. The lowest BCUT2D eigenvalue weighted by atomic mass is 10.1. The summed E-state index contributed by atoms with van der Waals surface area (Å²) in [7, 11) is 1.31. The highest BCUT2D eigenvalue weighted by molar-refractivity contribution is 5.89. The zero-order valence-corrected chi connectivity index (χ0v) is 17.8. The van der Waals surface area contributed by atoms with Gasteiger partial charge < -0.3 is 9.30 Å². The highest BCUT2D eigenvalue weighted by Crippen LogP contribution is 2.16. The Bertz CT molecular complexity index is 1410. The van der Waals surface area contributed by atoms with Gasteiger partial charge in [-0.15, -0.1) is 0 Å². The van der Waals surface area contributed by atoms with Crippen LogP contribution < -0.4 is 11.2 Å². The van der Waals surface area contributed by atoms with Crippen LogP contribution in [0.2, 0.25) is 0 Å². The molecule has 164 valence electrons. The Balaban J connectivity index is 1.89. The molecule has 2 aromatic carbocycles. The maximum absolute atomic E-state index is 13.4. The van der Waals surface area contributed by atoms with Crippen LogP contribution in [-0.4, -0.2) is 31.8 Å². The monoisotopic (exact) mass is 436 g/mol. The summed E-state index contributed by atoms with van der Waals surface area (Å²) >= 11 is 0. The fourth-order valence-electron chi connectivity index (χ4n) is 3.61. The van der Waals surface area contributed by atoms with Crippen LogP contribution in [0.3, 0.4) is 0 Å². The van der Waals surface area contributed by atoms with Crippen molar-refractivity contribution in [1.82, 2.24) is 18.7 Å². The number of carbonyl (C=O) groups excluding carboxylic acids is 1. The summed E-state index contributed by atoms with van der Waals surface area (Å²) in [5, 5.41) is 0. The minimum absolute atomic E-state index is 0.190. The first-order valence-electron chi connectivity index (χ1n) is 9.97. The van der Waals surface area contributed by atoms with Crippen LogP contribution in [0.1, 0.15) is 35.8 Å². The van der Waals surface area contributed by atoms with Crippen LogP contribution in [0.4, 0.5) is 4.39 Å². The van der Waals surface area contributed by atoms with Crippen LogP contribution >= 0.6 is 0 Å². The number of benzene rings is 2. The van der Waals surface area contributed by atoms with Gasteiger partial charge in [-0.25, -0.2) is 23.5 Å². The second kappa shape index (κ2) is 8.26. The number of fused-ring (bicyclic) bond motifs is 1. The van der Waals surface area contributed by atoms with Crippen molar-refractivity contribution in [1.29, 1.82) is 0 Å². The van der Waals surface area contributed by atoms with Crippen LogP contribution in [-0.2, 0) is 11.3 Å². The highest BCUT2D eigenvalue weighted by Gasteiger charge is 2.20. The number of imidazole rings is 1. The predicted molar refractivity (Wildman–Crippen MR) is 117 cm³/mol. The first kappa shape index (κ1) is 21.2. The van der Waals surface area contributed by atoms with Crippen LogP contribution in [0.5, 0.6) is 0 Å². The molecule has 2 heterocycles. The fraction of sp³-hybridized carbons (Fsp3) is 0.217. The minimum atomic E-state index is -0.545. The molecule has 9 heteroatoms. The van der Waals surface area contributed by atoms with Crippen LogP contribution in [0.25, 0.3) is 16.9 Å². The lowest BCUT2D eigenvalue weighted by molar-refractivity contribution is 0.0600. The molecule has 0 radical (unpaired) electrons. The Labute approximate surface area is 182 Å². The van der Waals surface area contributed by atoms with Gasteiger partial charge in [-0.2, -0.15) is 0 Å². The number of halogens is 1. The van der Waals surface area contributed by atoms with E-state index >= 15 is 0 Å². The lowest BCUT2D eigenvalue weighted by Crippen LogP contribution is -2.41. The molecule has 2 aromatic heterocycles. The molecule has 0 saturated carbocycles. The van der Waals surface area contributed by atoms with Crippen molar-refractivity contribution in [3.05, 3.63) is 92.6 Å². The van der Waals surface area contributed by atoms with Gasteiger partial charge in [0.05, 0.1) is 24.7 Å². The highest BCUT2D eigenvalue weighted by atomic mass is 19.1. The van der Waals surface area contributed by atoms with Crippen molar-refractivity contribution >= 4 is 17.1 Å². The number of hydrogen-bond donors (Lipinski definition) is 0. The van der Waals surface area contributed by atoms with Gasteiger partial charge in [0.15, 0.2) is 11.2 Å². The van der Waals surface area contributed by atoms with Gasteiger partial charge in [-0.05, 0) is 55.8 Å². The zero-order valence-electron chi connectivity index (χ0n) is 17.8. The number of methoxy groups -OCH3 is 1. The number of rotatable bonds is 5. The quantitative estimate of drug-likeness (QED) is 0.449. The first-order valence-corrected chi connectivity index (χ1v) is 9.97. The van der Waals surface area contributed by atoms with E-state index in [0.717, 1.165) is 10.1 Å². The van der Waals surface area contributed by atoms with Crippen LogP contribution in [0, 0.1) is 5.82 Å². The molecular weight excluding hydrogens is 415 g/mol.